The van der Waals surface area contributed by atoms with Crippen LogP contribution in [0.1, 0.15) is 43.0 Å². The smallest absolute Gasteiger partial charge is 0.133 e. The van der Waals surface area contributed by atoms with Crippen molar-refractivity contribution in [1.82, 2.24) is 14.9 Å². The lowest BCUT2D eigenvalue weighted by Crippen LogP contribution is -2.46. The first-order valence-electron chi connectivity index (χ1n) is 9.21. The zero-order valence-corrected chi connectivity index (χ0v) is 15.5. The van der Waals surface area contributed by atoms with Gasteiger partial charge in [-0.05, 0) is 56.0 Å². The molecule has 1 aromatic carbocycles. The molecule has 1 atom stereocenters. The molecule has 25 heavy (non-hydrogen) atoms. The fraction of sp³-hybridized carbons (Fsp3) is 0.500. The van der Waals surface area contributed by atoms with Crippen molar-refractivity contribution >= 4 is 17.4 Å². The Morgan fingerprint density at radius 1 is 1.24 bits per heavy atom. The summed E-state index contributed by atoms with van der Waals surface area (Å²) in [6.45, 7) is 3.17. The Kier molecular flexibility index (Phi) is 4.91. The number of nitrogens with zero attached hydrogens (tertiary/aromatic N) is 4. The van der Waals surface area contributed by atoms with E-state index in [4.69, 9.17) is 16.6 Å². The molecule has 4 rings (SSSR count). The lowest BCUT2D eigenvalue weighted by Gasteiger charge is -2.38. The molecule has 1 saturated carbocycles. The van der Waals surface area contributed by atoms with Crippen LogP contribution in [0.3, 0.4) is 0 Å². The molecule has 1 aliphatic heterocycles. The van der Waals surface area contributed by atoms with Gasteiger partial charge < -0.3 is 4.90 Å². The van der Waals surface area contributed by atoms with Crippen LogP contribution in [-0.4, -0.2) is 41.0 Å². The van der Waals surface area contributed by atoms with Crippen molar-refractivity contribution in [2.24, 2.45) is 0 Å². The number of hydrogen-bond donors (Lipinski definition) is 0. The Hall–Kier alpha value is -1.65. The molecule has 2 fully saturated rings. The zero-order valence-electron chi connectivity index (χ0n) is 14.7. The third-order valence-electron chi connectivity index (χ3n) is 5.29. The van der Waals surface area contributed by atoms with Gasteiger partial charge in [-0.15, -0.1) is 0 Å². The average Bonchev–Trinajstić information content (AvgIpc) is 3.47. The van der Waals surface area contributed by atoms with Crippen LogP contribution in [0, 0.1) is 0 Å². The van der Waals surface area contributed by atoms with Gasteiger partial charge in [0.25, 0.3) is 0 Å². The van der Waals surface area contributed by atoms with E-state index in [0.29, 0.717) is 12.0 Å². The molecule has 0 amide bonds. The summed E-state index contributed by atoms with van der Waals surface area (Å²) in [5, 5.41) is 0.816. The minimum absolute atomic E-state index is 0.495. The summed E-state index contributed by atoms with van der Waals surface area (Å²) in [5.74, 6) is 2.68. The van der Waals surface area contributed by atoms with Gasteiger partial charge in [-0.3, -0.25) is 4.90 Å². The summed E-state index contributed by atoms with van der Waals surface area (Å²) < 4.78 is 0. The normalized spacial score (nSPS) is 21.3. The standard InChI is InChI=1S/C20H25ClN4/c1-24(19-9-10-22-20(23-19)16-7-8-16)18-6-3-11-25(14-18)13-15-4-2-5-17(21)12-15/h2,4-5,9-10,12,16,18H,3,6-8,11,13-14H2,1H3. The fourth-order valence-electron chi connectivity index (χ4n) is 3.67. The molecule has 0 spiro atoms. The summed E-state index contributed by atoms with van der Waals surface area (Å²) in [4.78, 5) is 14.1. The highest BCUT2D eigenvalue weighted by Crippen LogP contribution is 2.38. The van der Waals surface area contributed by atoms with Crippen LogP contribution in [0.25, 0.3) is 0 Å². The number of piperidine rings is 1. The lowest BCUT2D eigenvalue weighted by molar-refractivity contribution is 0.198. The second kappa shape index (κ2) is 7.30. The highest BCUT2D eigenvalue weighted by molar-refractivity contribution is 6.30. The molecule has 1 aliphatic carbocycles. The number of benzene rings is 1. The Balaban J connectivity index is 1.42. The number of rotatable bonds is 5. The van der Waals surface area contributed by atoms with Crippen molar-refractivity contribution in [2.75, 3.05) is 25.0 Å². The van der Waals surface area contributed by atoms with Crippen molar-refractivity contribution in [3.05, 3.63) is 52.9 Å². The number of anilines is 1. The fourth-order valence-corrected chi connectivity index (χ4v) is 3.88. The Labute approximate surface area is 154 Å². The lowest BCUT2D eigenvalue weighted by atomic mass is 10.0. The number of aromatic nitrogens is 2. The van der Waals surface area contributed by atoms with Gasteiger partial charge in [0.15, 0.2) is 0 Å². The number of likely N-dealkylation sites (tertiary alicyclic amines) is 1. The van der Waals surface area contributed by atoms with Gasteiger partial charge in [-0.2, -0.15) is 0 Å². The van der Waals surface area contributed by atoms with E-state index in [1.54, 1.807) is 0 Å². The second-order valence-corrected chi connectivity index (χ2v) is 7.76. The van der Waals surface area contributed by atoms with E-state index in [1.807, 2.05) is 24.4 Å². The molecule has 2 aromatic rings. The Morgan fingerprint density at radius 2 is 2.12 bits per heavy atom. The first kappa shape index (κ1) is 16.8. The first-order valence-corrected chi connectivity index (χ1v) is 9.59. The molecule has 4 nitrogen and oxygen atoms in total. The predicted molar refractivity (Wildman–Crippen MR) is 102 cm³/mol. The number of likely N-dealkylation sites (N-methyl/N-ethyl adjacent to an activating group) is 1. The van der Waals surface area contributed by atoms with Gasteiger partial charge in [-0.25, -0.2) is 9.97 Å². The highest BCUT2D eigenvalue weighted by Gasteiger charge is 2.28. The quantitative estimate of drug-likeness (QED) is 0.807. The van der Waals surface area contributed by atoms with Gasteiger partial charge in [-0.1, -0.05) is 23.7 Å². The van der Waals surface area contributed by atoms with Crippen LogP contribution in [0.4, 0.5) is 5.82 Å². The maximum absolute atomic E-state index is 6.13. The van der Waals surface area contributed by atoms with E-state index in [0.717, 1.165) is 36.3 Å². The van der Waals surface area contributed by atoms with Crippen molar-refractivity contribution in [1.29, 1.82) is 0 Å². The maximum atomic E-state index is 6.13. The van der Waals surface area contributed by atoms with Crippen molar-refractivity contribution in [3.63, 3.8) is 0 Å². The molecule has 1 aromatic heterocycles. The third-order valence-corrected chi connectivity index (χ3v) is 5.52. The number of hydrogen-bond acceptors (Lipinski definition) is 4. The van der Waals surface area contributed by atoms with E-state index < -0.39 is 0 Å². The van der Waals surface area contributed by atoms with Crippen LogP contribution >= 0.6 is 11.6 Å². The monoisotopic (exact) mass is 356 g/mol. The largest absolute Gasteiger partial charge is 0.355 e. The minimum Gasteiger partial charge on any atom is -0.355 e. The molecule has 1 saturated heterocycles. The molecule has 2 heterocycles. The van der Waals surface area contributed by atoms with Crippen molar-refractivity contribution in [2.45, 2.75) is 44.2 Å². The van der Waals surface area contributed by atoms with E-state index in [9.17, 15) is 0 Å². The molecule has 5 heteroatoms. The first-order chi connectivity index (χ1) is 12.2. The summed E-state index contributed by atoms with van der Waals surface area (Å²) in [7, 11) is 2.17. The van der Waals surface area contributed by atoms with Crippen LogP contribution < -0.4 is 4.90 Å². The van der Waals surface area contributed by atoms with Crippen molar-refractivity contribution in [3.8, 4) is 0 Å². The maximum Gasteiger partial charge on any atom is 0.133 e. The average molecular weight is 357 g/mol. The molecule has 0 N–H and O–H groups in total. The van der Waals surface area contributed by atoms with Crippen LogP contribution in [0.5, 0.6) is 0 Å². The van der Waals surface area contributed by atoms with Gasteiger partial charge in [0, 0.05) is 43.3 Å². The van der Waals surface area contributed by atoms with Crippen molar-refractivity contribution < 1.29 is 0 Å². The molecular weight excluding hydrogens is 332 g/mol. The Morgan fingerprint density at radius 3 is 2.92 bits per heavy atom. The molecule has 0 bridgehead atoms. The SMILES string of the molecule is CN(c1ccnc(C2CC2)n1)C1CCCN(Cc2cccc(Cl)c2)C1. The predicted octanol–water partition coefficient (Wildman–Crippen LogP) is 4.11. The zero-order chi connectivity index (χ0) is 17.2. The molecule has 2 aliphatic rings. The van der Waals surface area contributed by atoms with E-state index in [1.165, 1.54) is 31.2 Å². The van der Waals surface area contributed by atoms with E-state index in [2.05, 4.69) is 34.0 Å². The highest BCUT2D eigenvalue weighted by atomic mass is 35.5. The molecular formula is C20H25ClN4. The summed E-state index contributed by atoms with van der Waals surface area (Å²) in [6.07, 6.45) is 6.83. The topological polar surface area (TPSA) is 32.3 Å². The van der Waals surface area contributed by atoms with E-state index >= 15 is 0 Å². The van der Waals surface area contributed by atoms with Crippen LogP contribution in [0.15, 0.2) is 36.5 Å². The minimum atomic E-state index is 0.495. The second-order valence-electron chi connectivity index (χ2n) is 7.32. The van der Waals surface area contributed by atoms with E-state index in [-0.39, 0.29) is 0 Å². The molecule has 132 valence electrons. The van der Waals surface area contributed by atoms with Crippen LogP contribution in [-0.2, 0) is 6.54 Å². The summed E-state index contributed by atoms with van der Waals surface area (Å²) in [5.41, 5.74) is 1.29. The Bertz CT molecular complexity index is 731. The van der Waals surface area contributed by atoms with Gasteiger partial charge in [0.2, 0.25) is 0 Å². The molecule has 1 unspecified atom stereocenters. The number of halogens is 1. The summed E-state index contributed by atoms with van der Waals surface area (Å²) in [6, 6.07) is 10.7. The summed E-state index contributed by atoms with van der Waals surface area (Å²) >= 11 is 6.13. The molecule has 0 radical (unpaired) electrons. The third kappa shape index (κ3) is 4.13. The van der Waals surface area contributed by atoms with Gasteiger partial charge in [0.1, 0.15) is 11.6 Å². The van der Waals surface area contributed by atoms with Crippen LogP contribution in [0.2, 0.25) is 5.02 Å². The van der Waals surface area contributed by atoms with Gasteiger partial charge in [0.05, 0.1) is 0 Å². The van der Waals surface area contributed by atoms with Gasteiger partial charge >= 0.3 is 0 Å².